The molecule has 0 unspecified atom stereocenters. The highest BCUT2D eigenvalue weighted by Crippen LogP contribution is 2.40. The lowest BCUT2D eigenvalue weighted by Gasteiger charge is -2.29. The number of ether oxygens (including phenoxy) is 1. The van der Waals surface area contributed by atoms with Crippen LogP contribution in [-0.2, 0) is 19.3 Å². The molecule has 0 saturated carbocycles. The van der Waals surface area contributed by atoms with Crippen LogP contribution in [0.5, 0.6) is 5.75 Å². The van der Waals surface area contributed by atoms with Crippen LogP contribution in [0.1, 0.15) is 16.2 Å². The van der Waals surface area contributed by atoms with Gasteiger partial charge in [-0.2, -0.15) is 13.2 Å². The van der Waals surface area contributed by atoms with E-state index in [1.165, 1.54) is 30.3 Å². The van der Waals surface area contributed by atoms with Gasteiger partial charge in [0.05, 0.1) is 16.5 Å². The smallest absolute Gasteiger partial charge is 0.450 e. The van der Waals surface area contributed by atoms with Crippen LogP contribution < -0.4 is 10.2 Å². The molecular weight excluding hydrogens is 463 g/mol. The number of thiophene rings is 1. The number of hydrogen-bond donors (Lipinski definition) is 0. The van der Waals surface area contributed by atoms with Crippen molar-refractivity contribution in [2.24, 2.45) is 0 Å². The number of benzene rings is 2. The number of fused-ring (bicyclic) bond motifs is 3. The molecule has 0 N–H and O–H groups in total. The molecule has 0 amide bonds. The van der Waals surface area contributed by atoms with E-state index in [1.807, 2.05) is 22.4 Å². The first-order valence-electron chi connectivity index (χ1n) is 9.64. The molecule has 0 atom stereocenters. The van der Waals surface area contributed by atoms with E-state index in [4.69, 9.17) is 20.8 Å². The lowest BCUT2D eigenvalue weighted by molar-refractivity contribution is -0.152. The summed E-state index contributed by atoms with van der Waals surface area (Å²) in [6.45, 7) is 1.16. The summed E-state index contributed by atoms with van der Waals surface area (Å²) in [4.78, 5) is 16.3. The van der Waals surface area contributed by atoms with Crippen LogP contribution in [0.2, 0.25) is 5.02 Å². The van der Waals surface area contributed by atoms with Crippen molar-refractivity contribution in [3.8, 4) is 16.9 Å². The van der Waals surface area contributed by atoms with E-state index in [-0.39, 0.29) is 23.3 Å². The van der Waals surface area contributed by atoms with Crippen LogP contribution in [0.4, 0.5) is 13.2 Å². The molecule has 0 spiro atoms. The Morgan fingerprint density at radius 3 is 2.56 bits per heavy atom. The number of nitrogens with zero attached hydrogens (tertiary/aromatic N) is 1. The molecule has 1 aliphatic heterocycles. The minimum atomic E-state index is -4.86. The van der Waals surface area contributed by atoms with E-state index in [2.05, 4.69) is 0 Å². The van der Waals surface area contributed by atoms with Gasteiger partial charge in [0.15, 0.2) is 0 Å². The van der Waals surface area contributed by atoms with Gasteiger partial charge in [0.25, 0.3) is 0 Å². The van der Waals surface area contributed by atoms with Crippen molar-refractivity contribution < 1.29 is 22.3 Å². The Bertz CT molecular complexity index is 1350. The van der Waals surface area contributed by atoms with Crippen molar-refractivity contribution >= 4 is 33.9 Å². The summed E-state index contributed by atoms with van der Waals surface area (Å²) in [5.74, 6) is -0.920. The van der Waals surface area contributed by atoms with Gasteiger partial charge in [-0.3, -0.25) is 9.69 Å². The zero-order valence-electron chi connectivity index (χ0n) is 16.4. The van der Waals surface area contributed by atoms with Crippen molar-refractivity contribution in [2.75, 3.05) is 6.73 Å². The summed E-state index contributed by atoms with van der Waals surface area (Å²) < 4.78 is 53.2. The van der Waals surface area contributed by atoms with E-state index in [0.717, 1.165) is 4.88 Å². The minimum Gasteiger partial charge on any atom is -0.478 e. The average molecular weight is 478 g/mol. The first-order valence-corrected chi connectivity index (χ1v) is 10.9. The van der Waals surface area contributed by atoms with E-state index in [9.17, 15) is 18.0 Å². The van der Waals surface area contributed by atoms with Crippen LogP contribution in [0.25, 0.3) is 22.1 Å². The lowest BCUT2D eigenvalue weighted by atomic mass is 10.00. The van der Waals surface area contributed by atoms with Crippen molar-refractivity contribution in [2.45, 2.75) is 19.3 Å². The second-order valence-electron chi connectivity index (χ2n) is 7.40. The number of hydrogen-bond acceptors (Lipinski definition) is 5. The van der Waals surface area contributed by atoms with Crippen LogP contribution in [0.3, 0.4) is 0 Å². The Morgan fingerprint density at radius 2 is 1.88 bits per heavy atom. The Hall–Kier alpha value is -2.81. The predicted octanol–water partition coefficient (Wildman–Crippen LogP) is 6.55. The van der Waals surface area contributed by atoms with E-state index in [0.29, 0.717) is 29.4 Å². The Morgan fingerprint density at radius 1 is 1.09 bits per heavy atom. The summed E-state index contributed by atoms with van der Waals surface area (Å²) in [6.07, 6.45) is -4.86. The number of alkyl halides is 3. The summed E-state index contributed by atoms with van der Waals surface area (Å²) in [6, 6.07) is 12.6. The highest BCUT2D eigenvalue weighted by Gasteiger charge is 2.40. The second kappa shape index (κ2) is 7.95. The Kier molecular flexibility index (Phi) is 5.23. The molecule has 0 saturated heterocycles. The van der Waals surface area contributed by atoms with Gasteiger partial charge >= 0.3 is 6.18 Å². The van der Waals surface area contributed by atoms with Crippen molar-refractivity contribution in [1.29, 1.82) is 0 Å². The summed E-state index contributed by atoms with van der Waals surface area (Å²) in [7, 11) is 0. The van der Waals surface area contributed by atoms with Gasteiger partial charge in [0.1, 0.15) is 18.1 Å². The zero-order chi connectivity index (χ0) is 22.5. The van der Waals surface area contributed by atoms with Crippen LogP contribution in [0.15, 0.2) is 63.1 Å². The highest BCUT2D eigenvalue weighted by atomic mass is 35.5. The maximum absolute atomic E-state index is 14.0. The van der Waals surface area contributed by atoms with Gasteiger partial charge in [-0.1, -0.05) is 29.8 Å². The van der Waals surface area contributed by atoms with Gasteiger partial charge < -0.3 is 9.15 Å². The molecule has 32 heavy (non-hydrogen) atoms. The maximum Gasteiger partial charge on any atom is 0.450 e. The van der Waals surface area contributed by atoms with Gasteiger partial charge in [0.2, 0.25) is 11.2 Å². The Labute approximate surface area is 189 Å². The standard InChI is InChI=1S/C23H15ClF3NO3S/c24-14-5-3-13(4-6-14)19-20(29)16-7-8-18-17(21(16)31-22(19)23(25,26)27)11-28(12-30-18)10-15-2-1-9-32-15/h1-9H,10-12H2. The predicted molar refractivity (Wildman–Crippen MR) is 117 cm³/mol. The van der Waals surface area contributed by atoms with Crippen LogP contribution in [0, 0.1) is 0 Å². The molecule has 0 aliphatic carbocycles. The summed E-state index contributed by atoms with van der Waals surface area (Å²) in [5.41, 5.74) is -0.873. The fourth-order valence-electron chi connectivity index (χ4n) is 3.81. The van der Waals surface area contributed by atoms with Crippen LogP contribution >= 0.6 is 22.9 Å². The Balaban J connectivity index is 1.68. The molecule has 3 heterocycles. The molecule has 2 aromatic carbocycles. The molecule has 9 heteroatoms. The third-order valence-electron chi connectivity index (χ3n) is 5.25. The number of halogens is 4. The summed E-state index contributed by atoms with van der Waals surface area (Å²) in [5, 5.41) is 2.38. The lowest BCUT2D eigenvalue weighted by Crippen LogP contribution is -2.31. The first kappa shape index (κ1) is 21.1. The zero-order valence-corrected chi connectivity index (χ0v) is 18.0. The molecule has 2 aromatic heterocycles. The van der Waals surface area contributed by atoms with Crippen LogP contribution in [-0.4, -0.2) is 11.6 Å². The normalized spacial score (nSPS) is 14.4. The van der Waals surface area contributed by atoms with Gasteiger partial charge in [-0.05, 0) is 41.3 Å². The molecule has 0 fully saturated rings. The maximum atomic E-state index is 14.0. The van der Waals surface area contributed by atoms with E-state index < -0.39 is 22.9 Å². The molecular formula is C23H15ClF3NO3S. The van der Waals surface area contributed by atoms with Gasteiger partial charge in [-0.25, -0.2) is 0 Å². The molecule has 5 rings (SSSR count). The molecule has 164 valence electrons. The molecule has 1 aliphatic rings. The van der Waals surface area contributed by atoms with Gasteiger partial charge in [0, 0.05) is 23.0 Å². The fraction of sp³-hybridized carbons (Fsp3) is 0.174. The number of rotatable bonds is 3. The quantitative estimate of drug-likeness (QED) is 0.336. The third-order valence-corrected chi connectivity index (χ3v) is 6.37. The topological polar surface area (TPSA) is 42.7 Å². The van der Waals surface area contributed by atoms with Crippen molar-refractivity contribution in [1.82, 2.24) is 4.90 Å². The largest absolute Gasteiger partial charge is 0.478 e. The third kappa shape index (κ3) is 3.79. The fourth-order valence-corrected chi connectivity index (χ4v) is 4.69. The molecule has 4 nitrogen and oxygen atoms in total. The minimum absolute atomic E-state index is 0.0725. The monoisotopic (exact) mass is 477 g/mol. The summed E-state index contributed by atoms with van der Waals surface area (Å²) >= 11 is 7.45. The van der Waals surface area contributed by atoms with Crippen molar-refractivity contribution in [3.63, 3.8) is 0 Å². The molecule has 0 bridgehead atoms. The first-order chi connectivity index (χ1) is 15.3. The average Bonchev–Trinajstić information content (AvgIpc) is 3.26. The van der Waals surface area contributed by atoms with Crippen molar-refractivity contribution in [3.05, 3.63) is 85.4 Å². The molecule has 4 aromatic rings. The second-order valence-corrected chi connectivity index (χ2v) is 8.87. The van der Waals surface area contributed by atoms with E-state index >= 15 is 0 Å². The SMILES string of the molecule is O=c1c(-c2ccc(Cl)cc2)c(C(F)(F)F)oc2c3c(ccc12)OCN(Cc1cccs1)C3. The van der Waals surface area contributed by atoms with Gasteiger partial charge in [-0.15, -0.1) is 11.3 Å². The van der Waals surface area contributed by atoms with E-state index in [1.54, 1.807) is 17.4 Å². The molecule has 0 radical (unpaired) electrons. The highest BCUT2D eigenvalue weighted by molar-refractivity contribution is 7.09.